The second-order valence-electron chi connectivity index (χ2n) is 3.53. The Bertz CT molecular complexity index is 309. The molecule has 88 valence electrons. The Hall–Kier alpha value is -0.800. The van der Waals surface area contributed by atoms with Crippen molar-refractivity contribution in [2.45, 2.75) is 13.8 Å². The van der Waals surface area contributed by atoms with E-state index < -0.39 is 0 Å². The number of carbonyl (C=O) groups excluding carboxylic acids is 1. The van der Waals surface area contributed by atoms with Gasteiger partial charge in [0.15, 0.2) is 0 Å². The van der Waals surface area contributed by atoms with E-state index in [9.17, 15) is 4.79 Å². The fraction of sp³-hybridized carbons (Fsp3) is 0.462. The average Bonchev–Trinajstić information content (AvgIpc) is 2.35. The Balaban J connectivity index is 2.31. The van der Waals surface area contributed by atoms with Crippen molar-refractivity contribution in [1.82, 2.24) is 4.90 Å². The van der Waals surface area contributed by atoms with E-state index in [1.165, 1.54) is 11.8 Å². The molecular weight excluding hydrogens is 218 g/mol. The first-order valence-electron chi connectivity index (χ1n) is 5.72. The standard InChI is InChI=1S/C13H19NOS/c1-3-14(4-2)10-11-16-13(15)12-8-6-5-7-9-12/h5-9H,3-4,10-11H2,1-2H3. The fourth-order valence-corrected chi connectivity index (χ4v) is 2.30. The van der Waals surface area contributed by atoms with Gasteiger partial charge in [-0.25, -0.2) is 0 Å². The van der Waals surface area contributed by atoms with Gasteiger partial charge in [0.1, 0.15) is 0 Å². The smallest absolute Gasteiger partial charge is 0.219 e. The van der Waals surface area contributed by atoms with E-state index in [1.54, 1.807) is 0 Å². The highest BCUT2D eigenvalue weighted by atomic mass is 32.2. The minimum absolute atomic E-state index is 0.174. The van der Waals surface area contributed by atoms with Crippen LogP contribution >= 0.6 is 11.8 Å². The van der Waals surface area contributed by atoms with Gasteiger partial charge in [-0.15, -0.1) is 0 Å². The molecule has 0 bridgehead atoms. The minimum atomic E-state index is 0.174. The Morgan fingerprint density at radius 2 is 1.81 bits per heavy atom. The van der Waals surface area contributed by atoms with Gasteiger partial charge in [-0.2, -0.15) is 0 Å². The molecule has 0 atom stereocenters. The van der Waals surface area contributed by atoms with Gasteiger partial charge in [0.25, 0.3) is 0 Å². The van der Waals surface area contributed by atoms with Crippen molar-refractivity contribution in [2.75, 3.05) is 25.4 Å². The summed E-state index contributed by atoms with van der Waals surface area (Å²) in [4.78, 5) is 14.1. The number of benzene rings is 1. The Morgan fingerprint density at radius 3 is 2.38 bits per heavy atom. The molecule has 1 aromatic rings. The average molecular weight is 237 g/mol. The fourth-order valence-electron chi connectivity index (χ4n) is 1.46. The minimum Gasteiger partial charge on any atom is -0.303 e. The largest absolute Gasteiger partial charge is 0.303 e. The van der Waals surface area contributed by atoms with Gasteiger partial charge in [0.2, 0.25) is 5.12 Å². The van der Waals surface area contributed by atoms with Gasteiger partial charge in [-0.05, 0) is 13.1 Å². The second kappa shape index (κ2) is 7.47. The molecular formula is C13H19NOS. The topological polar surface area (TPSA) is 20.3 Å². The monoisotopic (exact) mass is 237 g/mol. The van der Waals surface area contributed by atoms with Gasteiger partial charge >= 0.3 is 0 Å². The molecule has 0 aliphatic carbocycles. The molecule has 0 heterocycles. The van der Waals surface area contributed by atoms with E-state index in [-0.39, 0.29) is 5.12 Å². The van der Waals surface area contributed by atoms with Crippen LogP contribution in [0.15, 0.2) is 30.3 Å². The zero-order valence-corrected chi connectivity index (χ0v) is 10.8. The second-order valence-corrected chi connectivity index (χ2v) is 4.60. The molecule has 1 rings (SSSR count). The molecule has 0 saturated carbocycles. The lowest BCUT2D eigenvalue weighted by atomic mass is 10.2. The maximum absolute atomic E-state index is 11.7. The summed E-state index contributed by atoms with van der Waals surface area (Å²) in [5.41, 5.74) is 0.798. The van der Waals surface area contributed by atoms with Crippen molar-refractivity contribution >= 4 is 16.9 Å². The highest BCUT2D eigenvalue weighted by Gasteiger charge is 2.06. The lowest BCUT2D eigenvalue weighted by Crippen LogP contribution is -2.25. The zero-order chi connectivity index (χ0) is 11.8. The molecule has 0 aromatic heterocycles. The number of thioether (sulfide) groups is 1. The van der Waals surface area contributed by atoms with Crippen molar-refractivity contribution in [2.24, 2.45) is 0 Å². The normalized spacial score (nSPS) is 10.7. The van der Waals surface area contributed by atoms with Crippen LogP contribution in [0.4, 0.5) is 0 Å². The summed E-state index contributed by atoms with van der Waals surface area (Å²) in [6.45, 7) is 7.38. The quantitative estimate of drug-likeness (QED) is 0.759. The molecule has 0 aliphatic heterocycles. The lowest BCUT2D eigenvalue weighted by Gasteiger charge is -2.16. The van der Waals surface area contributed by atoms with Crippen LogP contribution in [0, 0.1) is 0 Å². The molecule has 0 saturated heterocycles. The maximum atomic E-state index is 11.7. The Kier molecular flexibility index (Phi) is 6.19. The molecule has 0 N–H and O–H groups in total. The molecule has 0 spiro atoms. The van der Waals surface area contributed by atoms with E-state index in [2.05, 4.69) is 18.7 Å². The third kappa shape index (κ3) is 4.37. The summed E-state index contributed by atoms with van der Waals surface area (Å²) in [5.74, 6) is 0.870. The first-order chi connectivity index (χ1) is 7.77. The van der Waals surface area contributed by atoms with Crippen molar-refractivity contribution in [1.29, 1.82) is 0 Å². The summed E-state index contributed by atoms with van der Waals surface area (Å²) < 4.78 is 0. The summed E-state index contributed by atoms with van der Waals surface area (Å²) in [7, 11) is 0. The first-order valence-corrected chi connectivity index (χ1v) is 6.71. The van der Waals surface area contributed by atoms with Crippen molar-refractivity contribution in [3.8, 4) is 0 Å². The predicted octanol–water partition coefficient (Wildman–Crippen LogP) is 2.90. The third-order valence-corrected chi connectivity index (χ3v) is 3.43. The van der Waals surface area contributed by atoms with Gasteiger partial charge in [-0.3, -0.25) is 4.79 Å². The lowest BCUT2D eigenvalue weighted by molar-refractivity contribution is 0.108. The predicted molar refractivity (Wildman–Crippen MR) is 71.0 cm³/mol. The van der Waals surface area contributed by atoms with Crippen LogP contribution in [0.1, 0.15) is 24.2 Å². The molecule has 2 nitrogen and oxygen atoms in total. The number of hydrogen-bond donors (Lipinski definition) is 0. The van der Waals surface area contributed by atoms with E-state index >= 15 is 0 Å². The van der Waals surface area contributed by atoms with Gasteiger partial charge in [-0.1, -0.05) is 55.9 Å². The molecule has 0 unspecified atom stereocenters. The van der Waals surface area contributed by atoms with Gasteiger partial charge in [0, 0.05) is 17.9 Å². The van der Waals surface area contributed by atoms with Crippen molar-refractivity contribution in [3.05, 3.63) is 35.9 Å². The molecule has 16 heavy (non-hydrogen) atoms. The SMILES string of the molecule is CCN(CC)CCSC(=O)c1ccccc1. The van der Waals surface area contributed by atoms with Crippen LogP contribution in [0.25, 0.3) is 0 Å². The van der Waals surface area contributed by atoms with E-state index in [0.717, 1.165) is 31.0 Å². The summed E-state index contributed by atoms with van der Waals surface area (Å²) in [6, 6.07) is 9.47. The number of rotatable bonds is 6. The number of carbonyl (C=O) groups is 1. The van der Waals surface area contributed by atoms with E-state index in [0.29, 0.717) is 0 Å². The van der Waals surface area contributed by atoms with Crippen LogP contribution in [-0.2, 0) is 0 Å². The Morgan fingerprint density at radius 1 is 1.19 bits per heavy atom. The van der Waals surface area contributed by atoms with Crippen LogP contribution in [0.5, 0.6) is 0 Å². The third-order valence-electron chi connectivity index (χ3n) is 2.54. The zero-order valence-electron chi connectivity index (χ0n) is 9.98. The molecule has 0 aliphatic rings. The molecule has 0 amide bonds. The van der Waals surface area contributed by atoms with Crippen LogP contribution in [-0.4, -0.2) is 35.4 Å². The molecule has 1 aromatic carbocycles. The molecule has 0 radical (unpaired) electrons. The molecule has 3 heteroatoms. The summed E-state index contributed by atoms with van der Waals surface area (Å²) in [6.07, 6.45) is 0. The number of nitrogens with zero attached hydrogens (tertiary/aromatic N) is 1. The Labute approximate surface area is 102 Å². The summed E-state index contributed by atoms with van der Waals surface area (Å²) in [5, 5.41) is 0.174. The highest BCUT2D eigenvalue weighted by molar-refractivity contribution is 8.14. The van der Waals surface area contributed by atoms with E-state index in [4.69, 9.17) is 0 Å². The molecule has 0 fully saturated rings. The van der Waals surface area contributed by atoms with Crippen molar-refractivity contribution < 1.29 is 4.79 Å². The van der Waals surface area contributed by atoms with Crippen LogP contribution < -0.4 is 0 Å². The first kappa shape index (κ1) is 13.3. The maximum Gasteiger partial charge on any atom is 0.219 e. The van der Waals surface area contributed by atoms with Crippen molar-refractivity contribution in [3.63, 3.8) is 0 Å². The van der Waals surface area contributed by atoms with Gasteiger partial charge in [0.05, 0.1) is 0 Å². The van der Waals surface area contributed by atoms with E-state index in [1.807, 2.05) is 30.3 Å². The van der Waals surface area contributed by atoms with Crippen LogP contribution in [0.2, 0.25) is 0 Å². The van der Waals surface area contributed by atoms with Crippen LogP contribution in [0.3, 0.4) is 0 Å². The summed E-state index contributed by atoms with van der Waals surface area (Å²) >= 11 is 1.41. The van der Waals surface area contributed by atoms with Gasteiger partial charge < -0.3 is 4.90 Å². The highest BCUT2D eigenvalue weighted by Crippen LogP contribution is 2.11. The number of hydrogen-bond acceptors (Lipinski definition) is 3.